The summed E-state index contributed by atoms with van der Waals surface area (Å²) in [6.45, 7) is 2.85. The highest BCUT2D eigenvalue weighted by Gasteiger charge is 2.18. The Morgan fingerprint density at radius 2 is 2.04 bits per heavy atom. The van der Waals surface area contributed by atoms with E-state index in [1.807, 2.05) is 6.07 Å². The maximum Gasteiger partial charge on any atom is 0.305 e. The molecule has 1 amide bonds. The van der Waals surface area contributed by atoms with Crippen molar-refractivity contribution in [1.29, 1.82) is 0 Å². The number of hydrogen-bond donors (Lipinski definition) is 2. The molecule has 0 fully saturated rings. The average Bonchev–Trinajstić information content (AvgIpc) is 2.60. The molecule has 0 spiro atoms. The topological polar surface area (TPSA) is 59.8 Å². The quantitative estimate of drug-likeness (QED) is 0.566. The summed E-state index contributed by atoms with van der Waals surface area (Å²) in [4.78, 5) is 24.2. The molecule has 0 radical (unpaired) electrons. The van der Waals surface area contributed by atoms with Crippen molar-refractivity contribution in [2.75, 3.05) is 33.3 Å². The molecule has 23 heavy (non-hydrogen) atoms. The fraction of sp³-hybridized carbons (Fsp3) is 0.444. The molecule has 1 atom stereocenters. The standard InChI is InChI=1S/C18H24N2O3/c1-23-18(22)8-5-11-19-17(21)14-20-12-9-16(10-13-20)15-6-3-2-4-7-15/h2-4,6-7,9H,5,8,10-14H2,1H3,(H,19,21)/p+1. The SMILES string of the molecule is COC(=O)CCCNC(=O)C[NH+]1CC=C(c2ccccc2)CC1. The lowest BCUT2D eigenvalue weighted by atomic mass is 10.00. The van der Waals surface area contributed by atoms with Gasteiger partial charge in [0.25, 0.3) is 5.91 Å². The second-order valence-electron chi connectivity index (χ2n) is 5.76. The molecule has 0 aromatic heterocycles. The van der Waals surface area contributed by atoms with Crippen molar-refractivity contribution in [1.82, 2.24) is 5.32 Å². The Morgan fingerprint density at radius 3 is 2.70 bits per heavy atom. The number of rotatable bonds is 7. The molecule has 5 heteroatoms. The van der Waals surface area contributed by atoms with Gasteiger partial charge in [0.15, 0.2) is 6.54 Å². The van der Waals surface area contributed by atoms with E-state index in [0.717, 1.165) is 19.5 Å². The smallest absolute Gasteiger partial charge is 0.305 e. The first-order valence-corrected chi connectivity index (χ1v) is 8.10. The van der Waals surface area contributed by atoms with Gasteiger partial charge in [-0.05, 0) is 23.6 Å². The number of hydrogen-bond acceptors (Lipinski definition) is 3. The summed E-state index contributed by atoms with van der Waals surface area (Å²) < 4.78 is 4.56. The van der Waals surface area contributed by atoms with Gasteiger partial charge in [0, 0.05) is 19.4 Å². The molecule has 1 unspecified atom stereocenters. The van der Waals surface area contributed by atoms with Gasteiger partial charge < -0.3 is 15.0 Å². The molecule has 2 rings (SSSR count). The van der Waals surface area contributed by atoms with E-state index in [-0.39, 0.29) is 11.9 Å². The fourth-order valence-corrected chi connectivity index (χ4v) is 2.71. The van der Waals surface area contributed by atoms with E-state index in [2.05, 4.69) is 40.4 Å². The van der Waals surface area contributed by atoms with Crippen molar-refractivity contribution in [3.8, 4) is 0 Å². The second kappa shape index (κ2) is 9.10. The first-order valence-electron chi connectivity index (χ1n) is 8.10. The summed E-state index contributed by atoms with van der Waals surface area (Å²) in [6.07, 6.45) is 4.19. The van der Waals surface area contributed by atoms with E-state index in [1.54, 1.807) is 0 Å². The summed E-state index contributed by atoms with van der Waals surface area (Å²) >= 11 is 0. The van der Waals surface area contributed by atoms with Crippen LogP contribution in [0.15, 0.2) is 36.4 Å². The molecule has 0 aliphatic carbocycles. The van der Waals surface area contributed by atoms with Crippen molar-refractivity contribution in [2.45, 2.75) is 19.3 Å². The van der Waals surface area contributed by atoms with Crippen molar-refractivity contribution >= 4 is 17.4 Å². The number of nitrogens with one attached hydrogen (secondary N) is 2. The molecule has 2 N–H and O–H groups in total. The zero-order chi connectivity index (χ0) is 16.5. The van der Waals surface area contributed by atoms with E-state index in [0.29, 0.717) is 25.9 Å². The van der Waals surface area contributed by atoms with Gasteiger partial charge >= 0.3 is 5.97 Å². The maximum absolute atomic E-state index is 11.9. The van der Waals surface area contributed by atoms with E-state index in [4.69, 9.17) is 0 Å². The van der Waals surface area contributed by atoms with E-state index in [1.165, 1.54) is 23.1 Å². The lowest BCUT2D eigenvalue weighted by Crippen LogP contribution is -3.13. The molecule has 0 bridgehead atoms. The molecule has 0 saturated carbocycles. The van der Waals surface area contributed by atoms with Gasteiger partial charge in [0.2, 0.25) is 0 Å². The molecule has 5 nitrogen and oxygen atoms in total. The predicted octanol–water partition coefficient (Wildman–Crippen LogP) is 0.428. The van der Waals surface area contributed by atoms with E-state index in [9.17, 15) is 9.59 Å². The van der Waals surface area contributed by atoms with Crippen LogP contribution in [0.2, 0.25) is 0 Å². The van der Waals surface area contributed by atoms with Crippen molar-refractivity contribution < 1.29 is 19.2 Å². The summed E-state index contributed by atoms with van der Waals surface area (Å²) in [5.74, 6) is -0.194. The fourth-order valence-electron chi connectivity index (χ4n) is 2.71. The van der Waals surface area contributed by atoms with E-state index < -0.39 is 0 Å². The summed E-state index contributed by atoms with van der Waals surface area (Å²) in [5.41, 5.74) is 2.65. The van der Waals surface area contributed by atoms with Crippen LogP contribution in [0.5, 0.6) is 0 Å². The number of esters is 1. The lowest BCUT2D eigenvalue weighted by Gasteiger charge is -2.23. The van der Waals surface area contributed by atoms with Gasteiger partial charge in [-0.25, -0.2) is 0 Å². The van der Waals surface area contributed by atoms with Crippen molar-refractivity contribution in [2.24, 2.45) is 0 Å². The molecule has 1 aliphatic heterocycles. The molecule has 1 aliphatic rings. The first kappa shape index (κ1) is 17.2. The Balaban J connectivity index is 1.68. The molecule has 1 aromatic carbocycles. The number of ether oxygens (including phenoxy) is 1. The van der Waals surface area contributed by atoms with Gasteiger partial charge in [-0.2, -0.15) is 0 Å². The summed E-state index contributed by atoms with van der Waals surface area (Å²) in [7, 11) is 1.37. The van der Waals surface area contributed by atoms with Crippen molar-refractivity contribution in [3.63, 3.8) is 0 Å². The number of quaternary nitrogens is 1. The normalized spacial score (nSPS) is 17.3. The van der Waals surface area contributed by atoms with Crippen LogP contribution in [0.1, 0.15) is 24.8 Å². The summed E-state index contributed by atoms with van der Waals surface area (Å²) in [5, 5.41) is 2.86. The van der Waals surface area contributed by atoms with Gasteiger partial charge in [-0.3, -0.25) is 9.59 Å². The Morgan fingerprint density at radius 1 is 1.26 bits per heavy atom. The molecular weight excluding hydrogens is 292 g/mol. The van der Waals surface area contributed by atoms with Crippen LogP contribution in [0, 0.1) is 0 Å². The van der Waals surface area contributed by atoms with Crippen LogP contribution in [-0.2, 0) is 14.3 Å². The second-order valence-corrected chi connectivity index (χ2v) is 5.76. The van der Waals surface area contributed by atoms with Crippen LogP contribution >= 0.6 is 0 Å². The largest absolute Gasteiger partial charge is 0.469 e. The van der Waals surface area contributed by atoms with Crippen LogP contribution in [0.4, 0.5) is 0 Å². The molecular formula is C18H25N2O3+. The zero-order valence-electron chi connectivity index (χ0n) is 13.6. The van der Waals surface area contributed by atoms with Crippen LogP contribution in [0.25, 0.3) is 5.57 Å². The third-order valence-corrected chi connectivity index (χ3v) is 4.05. The van der Waals surface area contributed by atoms with E-state index >= 15 is 0 Å². The Bertz CT molecular complexity index is 555. The highest BCUT2D eigenvalue weighted by molar-refractivity contribution is 5.77. The maximum atomic E-state index is 11.9. The highest BCUT2D eigenvalue weighted by atomic mass is 16.5. The summed E-state index contributed by atoms with van der Waals surface area (Å²) in [6, 6.07) is 10.4. The Hall–Kier alpha value is -2.14. The van der Waals surface area contributed by atoms with Crippen molar-refractivity contribution in [3.05, 3.63) is 42.0 Å². The van der Waals surface area contributed by atoms with Gasteiger partial charge in [0.05, 0.1) is 20.2 Å². The molecule has 0 saturated heterocycles. The molecule has 124 valence electrons. The monoisotopic (exact) mass is 317 g/mol. The number of methoxy groups -OCH3 is 1. The van der Waals surface area contributed by atoms with Gasteiger partial charge in [0.1, 0.15) is 0 Å². The molecule has 1 aromatic rings. The van der Waals surface area contributed by atoms with Crippen LogP contribution in [-0.4, -0.2) is 45.2 Å². The number of benzene rings is 1. The minimum atomic E-state index is -0.237. The minimum Gasteiger partial charge on any atom is -0.469 e. The lowest BCUT2D eigenvalue weighted by molar-refractivity contribution is -0.886. The van der Waals surface area contributed by atoms with Gasteiger partial charge in [-0.1, -0.05) is 30.3 Å². The highest BCUT2D eigenvalue weighted by Crippen LogP contribution is 2.17. The third kappa shape index (κ3) is 5.87. The predicted molar refractivity (Wildman–Crippen MR) is 88.9 cm³/mol. The number of amides is 1. The average molecular weight is 317 g/mol. The van der Waals surface area contributed by atoms with Crippen LogP contribution < -0.4 is 10.2 Å². The third-order valence-electron chi connectivity index (χ3n) is 4.05. The number of carbonyl (C=O) groups excluding carboxylic acids is 2. The zero-order valence-corrected chi connectivity index (χ0v) is 13.6. The minimum absolute atomic E-state index is 0.0430. The van der Waals surface area contributed by atoms with Crippen LogP contribution in [0.3, 0.4) is 0 Å². The molecule has 1 heterocycles. The van der Waals surface area contributed by atoms with Gasteiger partial charge in [-0.15, -0.1) is 0 Å². The number of carbonyl (C=O) groups is 2. The first-order chi connectivity index (χ1) is 11.2. The Kier molecular flexibility index (Phi) is 6.81. The Labute approximate surface area is 137 Å².